The standard InChI is InChI=1S/C15H22N2O4S2/c1-13-2-4-14(5-3-13)23(20,21)17-8-6-16(7-9-17)15(19)12-22-11-10-18/h2-5,18H,6-12H2,1H3. The highest BCUT2D eigenvalue weighted by Crippen LogP contribution is 2.18. The van der Waals surface area contributed by atoms with Crippen molar-refractivity contribution in [2.45, 2.75) is 11.8 Å². The Kier molecular flexibility index (Phi) is 6.46. The lowest BCUT2D eigenvalue weighted by atomic mass is 10.2. The summed E-state index contributed by atoms with van der Waals surface area (Å²) in [5, 5.41) is 8.72. The predicted molar refractivity (Wildman–Crippen MR) is 90.9 cm³/mol. The third-order valence-corrected chi connectivity index (χ3v) is 6.55. The van der Waals surface area contributed by atoms with Crippen molar-refractivity contribution in [3.05, 3.63) is 29.8 Å². The van der Waals surface area contributed by atoms with Crippen LogP contribution in [-0.2, 0) is 14.8 Å². The lowest BCUT2D eigenvalue weighted by molar-refractivity contribution is -0.129. The fourth-order valence-corrected chi connectivity index (χ4v) is 4.41. The van der Waals surface area contributed by atoms with Crippen molar-refractivity contribution in [1.29, 1.82) is 0 Å². The Morgan fingerprint density at radius 3 is 2.35 bits per heavy atom. The van der Waals surface area contributed by atoms with Crippen molar-refractivity contribution < 1.29 is 18.3 Å². The molecule has 0 aromatic heterocycles. The third kappa shape index (κ3) is 4.69. The van der Waals surface area contributed by atoms with Crippen LogP contribution in [0.5, 0.6) is 0 Å². The van der Waals surface area contributed by atoms with Crippen molar-refractivity contribution in [2.24, 2.45) is 0 Å². The Morgan fingerprint density at radius 2 is 1.78 bits per heavy atom. The van der Waals surface area contributed by atoms with Gasteiger partial charge < -0.3 is 10.0 Å². The van der Waals surface area contributed by atoms with Gasteiger partial charge in [-0.2, -0.15) is 4.31 Å². The molecule has 1 saturated heterocycles. The molecule has 0 saturated carbocycles. The molecule has 1 N–H and O–H groups in total. The smallest absolute Gasteiger partial charge is 0.243 e. The second kappa shape index (κ2) is 8.14. The monoisotopic (exact) mass is 358 g/mol. The van der Waals surface area contributed by atoms with Crippen LogP contribution in [0.3, 0.4) is 0 Å². The maximum Gasteiger partial charge on any atom is 0.243 e. The van der Waals surface area contributed by atoms with Crippen molar-refractivity contribution in [3.63, 3.8) is 0 Å². The zero-order chi connectivity index (χ0) is 16.9. The van der Waals surface area contributed by atoms with E-state index in [4.69, 9.17) is 5.11 Å². The number of rotatable bonds is 6. The number of sulfonamides is 1. The number of aliphatic hydroxyl groups excluding tert-OH is 1. The van der Waals surface area contributed by atoms with E-state index in [1.54, 1.807) is 29.2 Å². The first-order chi connectivity index (χ1) is 10.9. The number of nitrogens with zero attached hydrogens (tertiary/aromatic N) is 2. The molecule has 128 valence electrons. The molecule has 1 amide bonds. The van der Waals surface area contributed by atoms with Gasteiger partial charge >= 0.3 is 0 Å². The van der Waals surface area contributed by atoms with E-state index < -0.39 is 10.0 Å². The Balaban J connectivity index is 1.93. The molecule has 1 aliphatic rings. The Bertz CT molecular complexity index is 623. The summed E-state index contributed by atoms with van der Waals surface area (Å²) >= 11 is 1.39. The molecule has 23 heavy (non-hydrogen) atoms. The van der Waals surface area contributed by atoms with Crippen molar-refractivity contribution in [3.8, 4) is 0 Å². The van der Waals surface area contributed by atoms with E-state index in [1.165, 1.54) is 16.1 Å². The van der Waals surface area contributed by atoms with E-state index in [-0.39, 0.29) is 12.5 Å². The number of aliphatic hydroxyl groups is 1. The molecular formula is C15H22N2O4S2. The fraction of sp³-hybridized carbons (Fsp3) is 0.533. The SMILES string of the molecule is Cc1ccc(S(=O)(=O)N2CCN(C(=O)CSCCO)CC2)cc1. The maximum atomic E-state index is 12.6. The maximum absolute atomic E-state index is 12.6. The Morgan fingerprint density at radius 1 is 1.17 bits per heavy atom. The molecule has 0 atom stereocenters. The molecule has 0 aliphatic carbocycles. The highest BCUT2D eigenvalue weighted by atomic mass is 32.2. The molecule has 0 bridgehead atoms. The van der Waals surface area contributed by atoms with E-state index in [0.717, 1.165) is 5.56 Å². The number of hydrogen-bond donors (Lipinski definition) is 1. The summed E-state index contributed by atoms with van der Waals surface area (Å²) in [5.74, 6) is 0.856. The molecule has 8 heteroatoms. The summed E-state index contributed by atoms with van der Waals surface area (Å²) in [5.41, 5.74) is 1.01. The molecule has 1 aliphatic heterocycles. The highest BCUT2D eigenvalue weighted by molar-refractivity contribution is 7.99. The quantitative estimate of drug-likeness (QED) is 0.752. The van der Waals surface area contributed by atoms with Gasteiger partial charge in [0.15, 0.2) is 0 Å². The van der Waals surface area contributed by atoms with Crippen LogP contribution in [0.15, 0.2) is 29.2 Å². The summed E-state index contributed by atoms with van der Waals surface area (Å²) in [6.07, 6.45) is 0. The number of piperazine rings is 1. The van der Waals surface area contributed by atoms with Crippen LogP contribution in [0.25, 0.3) is 0 Å². The molecule has 1 fully saturated rings. The van der Waals surface area contributed by atoms with Crippen LogP contribution in [0, 0.1) is 6.92 Å². The van der Waals surface area contributed by atoms with Crippen LogP contribution in [0.4, 0.5) is 0 Å². The Labute approximate surface area is 141 Å². The lowest BCUT2D eigenvalue weighted by Gasteiger charge is -2.34. The van der Waals surface area contributed by atoms with Crippen molar-refractivity contribution >= 4 is 27.7 Å². The molecule has 0 radical (unpaired) electrons. The largest absolute Gasteiger partial charge is 0.396 e. The number of hydrogen-bond acceptors (Lipinski definition) is 5. The molecular weight excluding hydrogens is 336 g/mol. The predicted octanol–water partition coefficient (Wildman–Crippen LogP) is 0.553. The minimum Gasteiger partial charge on any atom is -0.396 e. The Hall–Kier alpha value is -1.09. The number of aryl methyl sites for hydroxylation is 1. The van der Waals surface area contributed by atoms with Gasteiger partial charge in [0.25, 0.3) is 0 Å². The highest BCUT2D eigenvalue weighted by Gasteiger charge is 2.29. The molecule has 0 unspecified atom stereocenters. The zero-order valence-corrected chi connectivity index (χ0v) is 14.8. The summed E-state index contributed by atoms with van der Waals surface area (Å²) < 4.78 is 26.6. The number of carbonyl (C=O) groups is 1. The third-order valence-electron chi connectivity index (χ3n) is 3.71. The second-order valence-electron chi connectivity index (χ2n) is 5.37. The second-order valence-corrected chi connectivity index (χ2v) is 8.42. The summed E-state index contributed by atoms with van der Waals surface area (Å²) in [4.78, 5) is 14.0. The molecule has 6 nitrogen and oxygen atoms in total. The number of carbonyl (C=O) groups excluding carboxylic acids is 1. The minimum atomic E-state index is -3.49. The molecule has 0 spiro atoms. The van der Waals surface area contributed by atoms with Gasteiger partial charge in [0.2, 0.25) is 15.9 Å². The van der Waals surface area contributed by atoms with Crippen LogP contribution in [0.1, 0.15) is 5.56 Å². The number of amides is 1. The molecule has 2 rings (SSSR count). The van der Waals surface area contributed by atoms with Crippen LogP contribution >= 0.6 is 11.8 Å². The topological polar surface area (TPSA) is 77.9 Å². The molecule has 1 aromatic rings. The zero-order valence-electron chi connectivity index (χ0n) is 13.1. The summed E-state index contributed by atoms with van der Waals surface area (Å²) in [6.45, 7) is 3.41. The van der Waals surface area contributed by atoms with E-state index in [2.05, 4.69) is 0 Å². The van der Waals surface area contributed by atoms with E-state index in [0.29, 0.717) is 42.6 Å². The first-order valence-corrected chi connectivity index (χ1v) is 10.1. The summed E-state index contributed by atoms with van der Waals surface area (Å²) in [6, 6.07) is 6.80. The fourth-order valence-electron chi connectivity index (χ4n) is 2.35. The van der Waals surface area contributed by atoms with Gasteiger partial charge in [-0.3, -0.25) is 4.79 Å². The number of thioether (sulfide) groups is 1. The average molecular weight is 358 g/mol. The van der Waals surface area contributed by atoms with Gasteiger partial charge in [-0.25, -0.2) is 8.42 Å². The van der Waals surface area contributed by atoms with Gasteiger partial charge in [0.05, 0.1) is 17.3 Å². The van der Waals surface area contributed by atoms with E-state index in [1.807, 2.05) is 6.92 Å². The van der Waals surface area contributed by atoms with Crippen LogP contribution < -0.4 is 0 Å². The van der Waals surface area contributed by atoms with Gasteiger partial charge in [-0.1, -0.05) is 17.7 Å². The lowest BCUT2D eigenvalue weighted by Crippen LogP contribution is -2.51. The van der Waals surface area contributed by atoms with E-state index >= 15 is 0 Å². The van der Waals surface area contributed by atoms with Crippen LogP contribution in [-0.4, -0.2) is 72.9 Å². The van der Waals surface area contributed by atoms with Crippen molar-refractivity contribution in [2.75, 3.05) is 44.3 Å². The summed E-state index contributed by atoms with van der Waals surface area (Å²) in [7, 11) is -3.49. The van der Waals surface area contributed by atoms with Crippen molar-refractivity contribution in [1.82, 2.24) is 9.21 Å². The normalized spacial score (nSPS) is 16.5. The van der Waals surface area contributed by atoms with Gasteiger partial charge in [0.1, 0.15) is 0 Å². The van der Waals surface area contributed by atoms with Gasteiger partial charge in [-0.05, 0) is 19.1 Å². The first-order valence-electron chi connectivity index (χ1n) is 7.48. The number of benzene rings is 1. The first kappa shape index (κ1) is 18.3. The minimum absolute atomic E-state index is 0.00386. The van der Waals surface area contributed by atoms with Gasteiger partial charge in [-0.15, -0.1) is 11.8 Å². The van der Waals surface area contributed by atoms with Gasteiger partial charge in [0, 0.05) is 31.9 Å². The van der Waals surface area contributed by atoms with Crippen LogP contribution in [0.2, 0.25) is 0 Å². The molecule has 1 heterocycles. The molecule has 1 aromatic carbocycles. The average Bonchev–Trinajstić information content (AvgIpc) is 2.55. The van der Waals surface area contributed by atoms with E-state index in [9.17, 15) is 13.2 Å².